The number of halogens is 1. The van der Waals surface area contributed by atoms with Crippen molar-refractivity contribution in [3.8, 4) is 0 Å². The zero-order valence-corrected chi connectivity index (χ0v) is 20.5. The van der Waals surface area contributed by atoms with Crippen LogP contribution in [0.5, 0.6) is 0 Å². The van der Waals surface area contributed by atoms with Gasteiger partial charge < -0.3 is 4.90 Å². The van der Waals surface area contributed by atoms with Crippen molar-refractivity contribution >= 4 is 38.3 Å². The molecule has 1 saturated heterocycles. The molecule has 2 aliphatic rings. The van der Waals surface area contributed by atoms with Gasteiger partial charge >= 0.3 is 0 Å². The molecule has 6 nitrogen and oxygen atoms in total. The molecule has 0 spiro atoms. The first-order valence-electron chi connectivity index (χ1n) is 11.8. The van der Waals surface area contributed by atoms with Gasteiger partial charge in [0.2, 0.25) is 15.9 Å². The highest BCUT2D eigenvalue weighted by molar-refractivity contribution is 7.89. The topological polar surface area (TPSA) is 70.6 Å². The Hall–Kier alpha value is -2.48. The summed E-state index contributed by atoms with van der Waals surface area (Å²) in [5, 5.41) is 2.36. The number of benzene rings is 2. The Balaban J connectivity index is 1.19. The minimum absolute atomic E-state index is 0.0357. The standard InChI is InChI=1S/C26H28ClN3O3S/c27-24-7-5-23-18-25(8-6-22(23)17-24)34(32,33)30-15-13-29(14-16-30)26(31)21-3-1-19(2-4-21)20-9-11-28-12-10-20/h5-12,17-19,21H,1-4,13-16H2. The lowest BCUT2D eigenvalue weighted by Gasteiger charge is -2.37. The van der Waals surface area contributed by atoms with E-state index >= 15 is 0 Å². The van der Waals surface area contributed by atoms with Crippen molar-refractivity contribution in [2.45, 2.75) is 36.5 Å². The molecule has 0 atom stereocenters. The third kappa shape index (κ3) is 4.69. The van der Waals surface area contributed by atoms with E-state index in [-0.39, 0.29) is 16.7 Å². The molecule has 178 valence electrons. The van der Waals surface area contributed by atoms with E-state index < -0.39 is 10.0 Å². The van der Waals surface area contributed by atoms with Crippen LogP contribution in [0.15, 0.2) is 65.8 Å². The predicted octanol–water partition coefficient (Wildman–Crippen LogP) is 4.70. The van der Waals surface area contributed by atoms with Crippen LogP contribution in [-0.2, 0) is 14.8 Å². The Labute approximate surface area is 205 Å². The first-order valence-corrected chi connectivity index (χ1v) is 13.6. The van der Waals surface area contributed by atoms with Gasteiger partial charge in [0.05, 0.1) is 4.90 Å². The largest absolute Gasteiger partial charge is 0.340 e. The SMILES string of the molecule is O=C(C1CCC(c2ccncc2)CC1)N1CCN(S(=O)(=O)c2ccc3cc(Cl)ccc3c2)CC1. The first kappa shape index (κ1) is 23.3. The van der Waals surface area contributed by atoms with Crippen LogP contribution in [0.3, 0.4) is 0 Å². The van der Waals surface area contributed by atoms with Gasteiger partial charge in [0.25, 0.3) is 0 Å². The van der Waals surface area contributed by atoms with Gasteiger partial charge in [-0.3, -0.25) is 9.78 Å². The molecule has 2 heterocycles. The Morgan fingerprint density at radius 3 is 2.21 bits per heavy atom. The van der Waals surface area contributed by atoms with E-state index in [4.69, 9.17) is 11.6 Å². The highest BCUT2D eigenvalue weighted by atomic mass is 35.5. The van der Waals surface area contributed by atoms with Crippen molar-refractivity contribution in [2.24, 2.45) is 5.92 Å². The minimum atomic E-state index is -3.62. The van der Waals surface area contributed by atoms with Crippen molar-refractivity contribution < 1.29 is 13.2 Å². The molecule has 34 heavy (non-hydrogen) atoms. The summed E-state index contributed by atoms with van der Waals surface area (Å²) < 4.78 is 28.0. The van der Waals surface area contributed by atoms with Crippen molar-refractivity contribution in [1.82, 2.24) is 14.2 Å². The molecular formula is C26H28ClN3O3S. The zero-order valence-electron chi connectivity index (χ0n) is 18.9. The van der Waals surface area contributed by atoms with E-state index in [1.807, 2.05) is 29.4 Å². The van der Waals surface area contributed by atoms with E-state index in [0.717, 1.165) is 36.5 Å². The summed E-state index contributed by atoms with van der Waals surface area (Å²) in [6.45, 7) is 1.51. The number of pyridine rings is 1. The van der Waals surface area contributed by atoms with Gasteiger partial charge in [0.15, 0.2) is 0 Å². The molecule has 0 N–H and O–H groups in total. The van der Waals surface area contributed by atoms with Crippen molar-refractivity contribution in [3.63, 3.8) is 0 Å². The van der Waals surface area contributed by atoms with Gasteiger partial charge in [-0.15, -0.1) is 0 Å². The summed E-state index contributed by atoms with van der Waals surface area (Å²) in [5.74, 6) is 0.702. The fourth-order valence-corrected chi connectivity index (χ4v) is 6.86. The summed E-state index contributed by atoms with van der Waals surface area (Å²) in [4.78, 5) is 19.4. The predicted molar refractivity (Wildman–Crippen MR) is 133 cm³/mol. The van der Waals surface area contributed by atoms with E-state index in [2.05, 4.69) is 17.1 Å². The number of rotatable bonds is 4. The molecule has 2 aromatic carbocycles. The number of fused-ring (bicyclic) bond motifs is 1. The minimum Gasteiger partial charge on any atom is -0.340 e. The van der Waals surface area contributed by atoms with E-state index in [9.17, 15) is 13.2 Å². The lowest BCUT2D eigenvalue weighted by Crippen LogP contribution is -2.52. The fourth-order valence-electron chi connectivity index (χ4n) is 5.22. The number of aromatic nitrogens is 1. The average molecular weight is 498 g/mol. The second kappa shape index (κ2) is 9.64. The molecule has 1 aliphatic carbocycles. The third-order valence-corrected chi connectivity index (χ3v) is 9.35. The molecular weight excluding hydrogens is 470 g/mol. The third-order valence-electron chi connectivity index (χ3n) is 7.22. The summed E-state index contributed by atoms with van der Waals surface area (Å²) in [7, 11) is -3.62. The maximum absolute atomic E-state index is 13.2. The van der Waals surface area contributed by atoms with Crippen LogP contribution in [0, 0.1) is 5.92 Å². The van der Waals surface area contributed by atoms with Crippen LogP contribution in [0.1, 0.15) is 37.2 Å². The molecule has 5 rings (SSSR count). The van der Waals surface area contributed by atoms with Crippen molar-refractivity contribution in [2.75, 3.05) is 26.2 Å². The number of carbonyl (C=O) groups excluding carboxylic acids is 1. The molecule has 0 unspecified atom stereocenters. The second-order valence-corrected chi connectivity index (χ2v) is 11.6. The zero-order chi connectivity index (χ0) is 23.7. The Morgan fingerprint density at radius 1 is 0.853 bits per heavy atom. The molecule has 0 radical (unpaired) electrons. The lowest BCUT2D eigenvalue weighted by molar-refractivity contribution is -0.137. The van der Waals surface area contributed by atoms with Gasteiger partial charge in [-0.1, -0.05) is 23.7 Å². The summed E-state index contributed by atoms with van der Waals surface area (Å²) >= 11 is 6.04. The Morgan fingerprint density at radius 2 is 1.50 bits per heavy atom. The monoisotopic (exact) mass is 497 g/mol. The highest BCUT2D eigenvalue weighted by Gasteiger charge is 2.34. The summed E-state index contributed by atoms with van der Waals surface area (Å²) in [6, 6.07) is 14.7. The maximum Gasteiger partial charge on any atom is 0.243 e. The van der Waals surface area contributed by atoms with Crippen LogP contribution in [0.25, 0.3) is 10.8 Å². The number of amides is 1. The smallest absolute Gasteiger partial charge is 0.243 e. The maximum atomic E-state index is 13.2. The molecule has 1 amide bonds. The highest BCUT2D eigenvalue weighted by Crippen LogP contribution is 2.36. The molecule has 3 aromatic rings. The van der Waals surface area contributed by atoms with E-state index in [1.165, 1.54) is 9.87 Å². The second-order valence-electron chi connectivity index (χ2n) is 9.21. The number of sulfonamides is 1. The molecule has 1 aliphatic heterocycles. The van der Waals surface area contributed by atoms with E-state index in [1.54, 1.807) is 24.3 Å². The van der Waals surface area contributed by atoms with Gasteiger partial charge in [-0.2, -0.15) is 4.31 Å². The van der Waals surface area contributed by atoms with Crippen LogP contribution < -0.4 is 0 Å². The van der Waals surface area contributed by atoms with Gasteiger partial charge in [0, 0.05) is 49.5 Å². The quantitative estimate of drug-likeness (QED) is 0.524. The number of piperazine rings is 1. The normalized spacial score (nSPS) is 22.1. The number of carbonyl (C=O) groups is 1. The molecule has 2 fully saturated rings. The van der Waals surface area contributed by atoms with Crippen molar-refractivity contribution in [3.05, 3.63) is 71.5 Å². The Bertz CT molecular complexity index is 1280. The van der Waals surface area contributed by atoms with Crippen molar-refractivity contribution in [1.29, 1.82) is 0 Å². The lowest BCUT2D eigenvalue weighted by atomic mass is 9.78. The number of hydrogen-bond donors (Lipinski definition) is 0. The molecule has 0 bridgehead atoms. The van der Waals surface area contributed by atoms with Gasteiger partial charge in [0.1, 0.15) is 0 Å². The molecule has 1 aromatic heterocycles. The summed E-state index contributed by atoms with van der Waals surface area (Å²) in [6.07, 6.45) is 7.42. The van der Waals surface area contributed by atoms with Crippen LogP contribution in [0.2, 0.25) is 5.02 Å². The molecule has 1 saturated carbocycles. The van der Waals surface area contributed by atoms with E-state index in [0.29, 0.717) is 37.1 Å². The van der Waals surface area contributed by atoms with Gasteiger partial charge in [-0.05, 0) is 84.3 Å². The number of hydrogen-bond acceptors (Lipinski definition) is 4. The fraction of sp³-hybridized carbons (Fsp3) is 0.385. The van der Waals surface area contributed by atoms with Crippen LogP contribution >= 0.6 is 11.6 Å². The van der Waals surface area contributed by atoms with Gasteiger partial charge in [-0.25, -0.2) is 8.42 Å². The number of nitrogens with zero attached hydrogens (tertiary/aromatic N) is 3. The van der Waals surface area contributed by atoms with Crippen LogP contribution in [0.4, 0.5) is 0 Å². The average Bonchev–Trinajstić information content (AvgIpc) is 2.88. The summed E-state index contributed by atoms with van der Waals surface area (Å²) in [5.41, 5.74) is 1.30. The first-order chi connectivity index (χ1) is 16.4. The Kier molecular flexibility index (Phi) is 6.60. The molecule has 8 heteroatoms. The van der Waals surface area contributed by atoms with Crippen LogP contribution in [-0.4, -0.2) is 54.7 Å².